The fourth-order valence-corrected chi connectivity index (χ4v) is 3.86. The summed E-state index contributed by atoms with van der Waals surface area (Å²) in [7, 11) is 0. The van der Waals surface area contributed by atoms with Gasteiger partial charge in [-0.05, 0) is 43.7 Å². The fraction of sp³-hybridized carbons (Fsp3) is 0.619. The first-order chi connectivity index (χ1) is 12.6. The molecule has 2 heterocycles. The Labute approximate surface area is 155 Å². The number of aromatic nitrogens is 2. The van der Waals surface area contributed by atoms with Crippen molar-refractivity contribution < 1.29 is 14.6 Å². The van der Waals surface area contributed by atoms with Gasteiger partial charge in [-0.1, -0.05) is 32.6 Å². The van der Waals surface area contributed by atoms with E-state index in [0.29, 0.717) is 23.7 Å². The number of aliphatic hydroxyl groups excluding tert-OH is 1. The summed E-state index contributed by atoms with van der Waals surface area (Å²) in [5.41, 5.74) is 2.03. The monoisotopic (exact) mass is 358 g/mol. The number of hydrogen-bond donors (Lipinski definition) is 1. The van der Waals surface area contributed by atoms with Gasteiger partial charge >= 0.3 is 0 Å². The predicted octanol–water partition coefficient (Wildman–Crippen LogP) is 4.19. The van der Waals surface area contributed by atoms with Crippen molar-refractivity contribution >= 4 is 11.4 Å². The van der Waals surface area contributed by atoms with Crippen molar-refractivity contribution in [3.05, 3.63) is 29.7 Å². The second-order valence-electron chi connectivity index (χ2n) is 7.51. The van der Waals surface area contributed by atoms with E-state index in [1.807, 2.05) is 36.6 Å². The lowest BCUT2D eigenvalue weighted by Crippen LogP contribution is -2.16. The van der Waals surface area contributed by atoms with E-state index < -0.39 is 0 Å². The zero-order valence-electron chi connectivity index (χ0n) is 15.9. The molecule has 26 heavy (non-hydrogen) atoms. The molecule has 0 saturated heterocycles. The van der Waals surface area contributed by atoms with Crippen LogP contribution in [-0.2, 0) is 0 Å². The van der Waals surface area contributed by atoms with Crippen LogP contribution < -0.4 is 4.74 Å². The molecule has 0 spiro atoms. The summed E-state index contributed by atoms with van der Waals surface area (Å²) >= 11 is 0. The molecule has 2 aromatic heterocycles. The molecular formula is C21H30N2O3. The molecule has 142 valence electrons. The molecule has 1 fully saturated rings. The maximum absolute atomic E-state index is 12.8. The summed E-state index contributed by atoms with van der Waals surface area (Å²) in [6.07, 6.45) is 9.40. The summed E-state index contributed by atoms with van der Waals surface area (Å²) in [5.74, 6) is 1.39. The number of aliphatic hydroxyl groups is 1. The molecule has 1 saturated carbocycles. The molecule has 1 atom stereocenters. The highest BCUT2D eigenvalue weighted by molar-refractivity contribution is 5.96. The highest BCUT2D eigenvalue weighted by Gasteiger charge is 2.22. The minimum absolute atomic E-state index is 0.00168. The van der Waals surface area contributed by atoms with Crippen LogP contribution in [0.2, 0.25) is 0 Å². The molecule has 0 radical (unpaired) electrons. The quantitative estimate of drug-likeness (QED) is 0.719. The van der Waals surface area contributed by atoms with Crippen LogP contribution >= 0.6 is 0 Å². The Kier molecular flexibility index (Phi) is 6.30. The van der Waals surface area contributed by atoms with Crippen molar-refractivity contribution in [2.24, 2.45) is 11.8 Å². The van der Waals surface area contributed by atoms with Gasteiger partial charge in [-0.3, -0.25) is 9.20 Å². The molecule has 0 aliphatic heterocycles. The lowest BCUT2D eigenvalue weighted by molar-refractivity contribution is 0.0927. The summed E-state index contributed by atoms with van der Waals surface area (Å²) in [5, 5.41) is 9.40. The number of rotatable bonds is 8. The van der Waals surface area contributed by atoms with Crippen LogP contribution in [-0.4, -0.2) is 33.5 Å². The van der Waals surface area contributed by atoms with Crippen LogP contribution in [0.1, 0.15) is 68.1 Å². The van der Waals surface area contributed by atoms with Crippen molar-refractivity contribution in [3.8, 4) is 5.75 Å². The number of pyridine rings is 1. The molecule has 2 aromatic rings. The van der Waals surface area contributed by atoms with Gasteiger partial charge in [-0.25, -0.2) is 4.98 Å². The predicted molar refractivity (Wildman–Crippen MR) is 102 cm³/mol. The van der Waals surface area contributed by atoms with Crippen molar-refractivity contribution in [2.75, 3.05) is 13.2 Å². The van der Waals surface area contributed by atoms with E-state index in [1.54, 1.807) is 0 Å². The molecule has 1 aliphatic carbocycles. The van der Waals surface area contributed by atoms with Gasteiger partial charge in [-0.15, -0.1) is 0 Å². The number of aryl methyl sites for hydroxylation is 1. The first kappa shape index (κ1) is 18.9. The van der Waals surface area contributed by atoms with Gasteiger partial charge in [0.15, 0.2) is 17.2 Å². The van der Waals surface area contributed by atoms with Crippen LogP contribution in [0.3, 0.4) is 0 Å². The van der Waals surface area contributed by atoms with E-state index in [-0.39, 0.29) is 18.3 Å². The summed E-state index contributed by atoms with van der Waals surface area (Å²) in [6.45, 7) is 4.61. The molecule has 0 unspecified atom stereocenters. The zero-order chi connectivity index (χ0) is 18.5. The Morgan fingerprint density at radius 2 is 2.15 bits per heavy atom. The number of carbonyl (C=O) groups excluding carboxylic acids is 1. The third kappa shape index (κ3) is 4.09. The van der Waals surface area contributed by atoms with E-state index >= 15 is 0 Å². The fourth-order valence-electron chi connectivity index (χ4n) is 3.86. The number of hydrogen-bond acceptors (Lipinski definition) is 4. The Balaban J connectivity index is 1.81. The Morgan fingerprint density at radius 1 is 1.38 bits per heavy atom. The molecule has 0 amide bonds. The number of fused-ring (bicyclic) bond motifs is 1. The molecule has 0 aromatic carbocycles. The third-order valence-electron chi connectivity index (χ3n) is 5.56. The first-order valence-electron chi connectivity index (χ1n) is 9.88. The normalized spacial score (nSPS) is 16.7. The van der Waals surface area contributed by atoms with Gasteiger partial charge in [-0.2, -0.15) is 0 Å². The lowest BCUT2D eigenvalue weighted by atomic mass is 9.90. The Bertz CT molecular complexity index is 743. The number of ketones is 1. The Hall–Kier alpha value is -1.88. The van der Waals surface area contributed by atoms with Crippen molar-refractivity contribution in [1.82, 2.24) is 9.38 Å². The average Bonchev–Trinajstić information content (AvgIpc) is 3.01. The second kappa shape index (κ2) is 8.67. The molecule has 0 bridgehead atoms. The molecule has 5 heteroatoms. The number of Topliss-reactive ketones (excluding diaryl/α,β-unsaturated/α-hetero) is 1. The van der Waals surface area contributed by atoms with Crippen LogP contribution in [0.4, 0.5) is 0 Å². The maximum Gasteiger partial charge on any atom is 0.181 e. The van der Waals surface area contributed by atoms with Gasteiger partial charge in [0.05, 0.1) is 12.3 Å². The highest BCUT2D eigenvalue weighted by atomic mass is 16.5. The van der Waals surface area contributed by atoms with Crippen molar-refractivity contribution in [3.63, 3.8) is 0 Å². The third-order valence-corrected chi connectivity index (χ3v) is 5.56. The highest BCUT2D eigenvalue weighted by Crippen LogP contribution is 2.27. The van der Waals surface area contributed by atoms with E-state index in [4.69, 9.17) is 4.74 Å². The van der Waals surface area contributed by atoms with Crippen molar-refractivity contribution in [1.29, 1.82) is 0 Å². The number of carbonyl (C=O) groups is 1. The molecule has 3 rings (SSSR count). The standard InChI is InChI=1S/C21H30N2O3/c1-3-16(13-24)12-18(25)20-15(2)22-21-19(10-7-11-23(20)21)26-14-17-8-5-4-6-9-17/h7,10-11,16-17,24H,3-6,8-9,12-14H2,1-2H3/t16-/m1/s1. The molecule has 1 aliphatic rings. The molecular weight excluding hydrogens is 328 g/mol. The number of ether oxygens (including phenoxy) is 1. The number of imidazole rings is 1. The van der Waals surface area contributed by atoms with Gasteiger partial charge in [0, 0.05) is 19.2 Å². The SMILES string of the molecule is CC[C@@H](CO)CC(=O)c1c(C)nc2c(OCC3CCCCC3)cccn12. The molecule has 5 nitrogen and oxygen atoms in total. The minimum atomic E-state index is -0.00168. The average molecular weight is 358 g/mol. The number of nitrogens with zero attached hydrogens (tertiary/aromatic N) is 2. The van der Waals surface area contributed by atoms with Crippen LogP contribution in [0.5, 0.6) is 5.75 Å². The summed E-state index contributed by atoms with van der Waals surface area (Å²) in [6, 6.07) is 3.84. The summed E-state index contributed by atoms with van der Waals surface area (Å²) in [4.78, 5) is 17.4. The topological polar surface area (TPSA) is 63.8 Å². The zero-order valence-corrected chi connectivity index (χ0v) is 15.9. The van der Waals surface area contributed by atoms with Gasteiger partial charge < -0.3 is 9.84 Å². The smallest absolute Gasteiger partial charge is 0.181 e. The second-order valence-corrected chi connectivity index (χ2v) is 7.51. The lowest BCUT2D eigenvalue weighted by Gasteiger charge is -2.21. The van der Waals surface area contributed by atoms with Crippen molar-refractivity contribution in [2.45, 2.75) is 58.8 Å². The van der Waals surface area contributed by atoms with E-state index in [9.17, 15) is 9.90 Å². The van der Waals surface area contributed by atoms with E-state index in [0.717, 1.165) is 24.5 Å². The minimum Gasteiger partial charge on any atom is -0.489 e. The van der Waals surface area contributed by atoms with Gasteiger partial charge in [0.1, 0.15) is 5.69 Å². The van der Waals surface area contributed by atoms with Gasteiger partial charge in [0.25, 0.3) is 0 Å². The van der Waals surface area contributed by atoms with Crippen LogP contribution in [0.15, 0.2) is 18.3 Å². The largest absolute Gasteiger partial charge is 0.489 e. The summed E-state index contributed by atoms with van der Waals surface area (Å²) < 4.78 is 7.94. The van der Waals surface area contributed by atoms with E-state index in [1.165, 1.54) is 32.1 Å². The molecule has 1 N–H and O–H groups in total. The first-order valence-corrected chi connectivity index (χ1v) is 9.88. The van der Waals surface area contributed by atoms with E-state index in [2.05, 4.69) is 4.98 Å². The Morgan fingerprint density at radius 3 is 2.85 bits per heavy atom. The van der Waals surface area contributed by atoms with Gasteiger partial charge in [0.2, 0.25) is 0 Å². The van der Waals surface area contributed by atoms with Crippen LogP contribution in [0, 0.1) is 18.8 Å². The maximum atomic E-state index is 12.8. The van der Waals surface area contributed by atoms with Crippen LogP contribution in [0.25, 0.3) is 5.65 Å².